The second-order valence-electron chi connectivity index (χ2n) is 8.30. The van der Waals surface area contributed by atoms with Gasteiger partial charge in [-0.2, -0.15) is 0 Å². The molecular weight excluding hydrogens is 420 g/mol. The smallest absolute Gasteiger partial charge is 0.192 e. The van der Waals surface area contributed by atoms with Gasteiger partial charge in [-0.15, -0.1) is 10.2 Å². The summed E-state index contributed by atoms with van der Waals surface area (Å²) in [6.45, 7) is 5.49. The molecule has 32 heavy (non-hydrogen) atoms. The summed E-state index contributed by atoms with van der Waals surface area (Å²) in [4.78, 5) is 15.1. The number of hydrogen-bond donors (Lipinski definition) is 0. The Morgan fingerprint density at radius 1 is 1.09 bits per heavy atom. The molecule has 1 aliphatic rings. The first-order chi connectivity index (χ1) is 15.4. The quantitative estimate of drug-likeness (QED) is 0.372. The second-order valence-corrected chi connectivity index (χ2v) is 9.24. The highest BCUT2D eigenvalue weighted by Gasteiger charge is 2.38. The molecule has 0 bridgehead atoms. The molecule has 0 amide bonds. The molecule has 0 spiro atoms. The van der Waals surface area contributed by atoms with Crippen molar-refractivity contribution in [2.45, 2.75) is 31.0 Å². The van der Waals surface area contributed by atoms with Crippen LogP contribution in [0.3, 0.4) is 0 Å². The van der Waals surface area contributed by atoms with Crippen molar-refractivity contribution in [3.8, 4) is 11.4 Å². The molecule has 0 unspecified atom stereocenters. The normalized spacial score (nSPS) is 15.9. The van der Waals surface area contributed by atoms with Crippen molar-refractivity contribution < 1.29 is 9.53 Å². The van der Waals surface area contributed by atoms with Crippen LogP contribution in [0.15, 0.2) is 71.5 Å². The van der Waals surface area contributed by atoms with Crippen LogP contribution in [0.2, 0.25) is 0 Å². The Hall–Kier alpha value is -2.90. The molecule has 0 atom stereocenters. The number of aromatic nitrogens is 3. The van der Waals surface area contributed by atoms with Crippen molar-refractivity contribution >= 4 is 23.2 Å². The van der Waals surface area contributed by atoms with E-state index in [1.54, 1.807) is 13.2 Å². The Balaban J connectivity index is 1.53. The van der Waals surface area contributed by atoms with Crippen LogP contribution in [0.25, 0.3) is 11.4 Å². The van der Waals surface area contributed by atoms with Gasteiger partial charge in [-0.05, 0) is 11.6 Å². The lowest BCUT2D eigenvalue weighted by Gasteiger charge is -2.23. The number of rotatable bonds is 8. The maximum absolute atomic E-state index is 13.0. The standard InChI is InChI=1S/C25H28N4O2S/c1-25(2)20-12-8-9-13-21(20)28(3)22(25)16-19(30)17-32-24-27-26-23(29(24)14-15-31-4)18-10-6-5-7-11-18/h5-13,16H,14-15,17H2,1-4H3/b22-16+. The third-order valence-electron chi connectivity index (χ3n) is 5.85. The van der Waals surface area contributed by atoms with Gasteiger partial charge >= 0.3 is 0 Å². The first-order valence-corrected chi connectivity index (χ1v) is 11.6. The zero-order chi connectivity index (χ0) is 22.7. The average molecular weight is 449 g/mol. The fourth-order valence-corrected chi connectivity index (χ4v) is 4.96. The van der Waals surface area contributed by atoms with Crippen LogP contribution in [0.4, 0.5) is 5.69 Å². The van der Waals surface area contributed by atoms with Crippen molar-refractivity contribution in [1.29, 1.82) is 0 Å². The summed E-state index contributed by atoms with van der Waals surface area (Å²) >= 11 is 1.41. The first kappa shape index (κ1) is 22.3. The number of ketones is 1. The predicted octanol–water partition coefficient (Wildman–Crippen LogP) is 4.56. The van der Waals surface area contributed by atoms with Gasteiger partial charge in [0, 0.05) is 42.6 Å². The summed E-state index contributed by atoms with van der Waals surface area (Å²) in [5.41, 5.74) is 4.17. The molecule has 0 saturated carbocycles. The largest absolute Gasteiger partial charge is 0.383 e. The average Bonchev–Trinajstić information content (AvgIpc) is 3.29. The summed E-state index contributed by atoms with van der Waals surface area (Å²) in [7, 11) is 3.69. The van der Waals surface area contributed by atoms with Crippen LogP contribution in [-0.4, -0.2) is 47.1 Å². The number of benzene rings is 2. The summed E-state index contributed by atoms with van der Waals surface area (Å²) in [6, 6.07) is 18.3. The molecule has 2 aromatic carbocycles. The van der Waals surface area contributed by atoms with E-state index >= 15 is 0 Å². The molecule has 4 rings (SSSR count). The van der Waals surface area contributed by atoms with Crippen LogP contribution in [0.1, 0.15) is 19.4 Å². The van der Waals surface area contributed by atoms with Gasteiger partial charge in [0.15, 0.2) is 16.8 Å². The highest BCUT2D eigenvalue weighted by molar-refractivity contribution is 7.99. The topological polar surface area (TPSA) is 60.2 Å². The lowest BCUT2D eigenvalue weighted by molar-refractivity contribution is -0.112. The van der Waals surface area contributed by atoms with Gasteiger partial charge in [-0.25, -0.2) is 0 Å². The number of fused-ring (bicyclic) bond motifs is 1. The predicted molar refractivity (Wildman–Crippen MR) is 129 cm³/mol. The van der Waals surface area contributed by atoms with Crippen molar-refractivity contribution in [1.82, 2.24) is 14.8 Å². The Labute approximate surface area is 193 Å². The Kier molecular flexibility index (Phi) is 6.48. The number of methoxy groups -OCH3 is 1. The number of carbonyl (C=O) groups excluding carboxylic acids is 1. The van der Waals surface area contributed by atoms with E-state index in [0.29, 0.717) is 18.9 Å². The van der Waals surface area contributed by atoms with Crippen LogP contribution in [0.5, 0.6) is 0 Å². The molecule has 0 fully saturated rings. The van der Waals surface area contributed by atoms with E-state index in [4.69, 9.17) is 4.74 Å². The number of allylic oxidation sites excluding steroid dienone is 2. The van der Waals surface area contributed by atoms with E-state index in [1.165, 1.54) is 17.3 Å². The Bertz CT molecular complexity index is 1140. The minimum absolute atomic E-state index is 0.0558. The second kappa shape index (κ2) is 9.30. The molecule has 1 aliphatic heterocycles. The van der Waals surface area contributed by atoms with Gasteiger partial charge in [0.05, 0.1) is 18.9 Å². The minimum atomic E-state index is -0.218. The molecule has 0 saturated heterocycles. The van der Waals surface area contributed by atoms with E-state index in [1.807, 2.05) is 54.1 Å². The van der Waals surface area contributed by atoms with Gasteiger partial charge in [-0.1, -0.05) is 74.1 Å². The lowest BCUT2D eigenvalue weighted by atomic mass is 9.83. The molecule has 6 nitrogen and oxygen atoms in total. The van der Waals surface area contributed by atoms with Crippen LogP contribution in [0, 0.1) is 0 Å². The third kappa shape index (κ3) is 4.23. The molecule has 0 radical (unpaired) electrons. The fraction of sp³-hybridized carbons (Fsp3) is 0.320. The molecule has 7 heteroatoms. The summed E-state index contributed by atoms with van der Waals surface area (Å²) < 4.78 is 7.29. The van der Waals surface area contributed by atoms with Gasteiger partial charge < -0.3 is 9.64 Å². The van der Waals surface area contributed by atoms with E-state index in [9.17, 15) is 4.79 Å². The zero-order valence-electron chi connectivity index (χ0n) is 18.9. The number of nitrogens with zero attached hydrogens (tertiary/aromatic N) is 4. The molecule has 1 aromatic heterocycles. The molecule has 0 N–H and O–H groups in total. The van der Waals surface area contributed by atoms with E-state index in [-0.39, 0.29) is 11.2 Å². The number of thioether (sulfide) groups is 1. The van der Waals surface area contributed by atoms with Gasteiger partial charge in [-0.3, -0.25) is 9.36 Å². The van der Waals surface area contributed by atoms with Crippen molar-refractivity contribution in [3.63, 3.8) is 0 Å². The monoisotopic (exact) mass is 448 g/mol. The summed E-state index contributed by atoms with van der Waals surface area (Å²) in [6.07, 6.45) is 1.78. The van der Waals surface area contributed by atoms with Gasteiger partial charge in [0.2, 0.25) is 0 Å². The number of carbonyl (C=O) groups is 1. The van der Waals surface area contributed by atoms with Crippen molar-refractivity contribution in [2.24, 2.45) is 0 Å². The number of likely N-dealkylation sites (N-methyl/N-ethyl adjacent to an activating group) is 1. The number of anilines is 1. The number of ether oxygens (including phenoxy) is 1. The first-order valence-electron chi connectivity index (χ1n) is 10.6. The molecule has 3 aromatic rings. The van der Waals surface area contributed by atoms with Crippen molar-refractivity contribution in [2.75, 3.05) is 31.4 Å². The minimum Gasteiger partial charge on any atom is -0.383 e. The Morgan fingerprint density at radius 2 is 1.81 bits per heavy atom. The number of para-hydroxylation sites is 1. The van der Waals surface area contributed by atoms with E-state index < -0.39 is 0 Å². The lowest BCUT2D eigenvalue weighted by Crippen LogP contribution is -2.24. The SMILES string of the molecule is COCCn1c(SCC(=O)/C=C2/N(C)c3ccccc3C2(C)C)nnc1-c1ccccc1. The van der Waals surface area contributed by atoms with Crippen LogP contribution < -0.4 is 4.90 Å². The fourth-order valence-electron chi connectivity index (χ4n) is 4.17. The van der Waals surface area contributed by atoms with Gasteiger partial charge in [0.1, 0.15) is 0 Å². The van der Waals surface area contributed by atoms with Crippen LogP contribution in [-0.2, 0) is 21.5 Å². The highest BCUT2D eigenvalue weighted by Crippen LogP contribution is 2.46. The van der Waals surface area contributed by atoms with Crippen molar-refractivity contribution in [3.05, 3.63) is 71.9 Å². The van der Waals surface area contributed by atoms with E-state index in [0.717, 1.165) is 27.9 Å². The molecule has 166 valence electrons. The molecule has 0 aliphatic carbocycles. The highest BCUT2D eigenvalue weighted by atomic mass is 32.2. The third-order valence-corrected chi connectivity index (χ3v) is 6.84. The van der Waals surface area contributed by atoms with Gasteiger partial charge in [0.25, 0.3) is 0 Å². The number of hydrogen-bond acceptors (Lipinski definition) is 6. The van der Waals surface area contributed by atoms with E-state index in [2.05, 4.69) is 41.1 Å². The maximum atomic E-state index is 13.0. The zero-order valence-corrected chi connectivity index (χ0v) is 19.7. The summed E-state index contributed by atoms with van der Waals surface area (Å²) in [5, 5.41) is 9.46. The summed E-state index contributed by atoms with van der Waals surface area (Å²) in [5.74, 6) is 1.13. The van der Waals surface area contributed by atoms with Crippen LogP contribution >= 0.6 is 11.8 Å². The Morgan fingerprint density at radius 3 is 2.53 bits per heavy atom. The molecular formula is C25H28N4O2S. The maximum Gasteiger partial charge on any atom is 0.192 e. The molecule has 2 heterocycles.